The summed E-state index contributed by atoms with van der Waals surface area (Å²) in [6.07, 6.45) is 0. The Hall–Kier alpha value is -0.820. The predicted molar refractivity (Wildman–Crippen MR) is 71.7 cm³/mol. The van der Waals surface area contributed by atoms with Gasteiger partial charge in [-0.05, 0) is 22.5 Å². The third-order valence-corrected chi connectivity index (χ3v) is 2.60. The van der Waals surface area contributed by atoms with Crippen molar-refractivity contribution in [2.24, 2.45) is 5.41 Å². The van der Waals surface area contributed by atoms with Gasteiger partial charge < -0.3 is 5.32 Å². The Labute approximate surface area is 100 Å². The lowest BCUT2D eigenvalue weighted by Crippen LogP contribution is -2.26. The van der Waals surface area contributed by atoms with Gasteiger partial charge >= 0.3 is 0 Å². The summed E-state index contributed by atoms with van der Waals surface area (Å²) in [5.74, 6) is 0.613. The van der Waals surface area contributed by atoms with Crippen LogP contribution in [0.2, 0.25) is 0 Å². The Kier molecular flexibility index (Phi) is 4.55. The zero-order valence-electron chi connectivity index (χ0n) is 11.3. The first kappa shape index (κ1) is 13.2. The zero-order chi connectivity index (χ0) is 12.2. The first-order valence-electron chi connectivity index (χ1n) is 6.18. The van der Waals surface area contributed by atoms with Gasteiger partial charge in [-0.15, -0.1) is 0 Å². The summed E-state index contributed by atoms with van der Waals surface area (Å²) in [6, 6.07) is 8.86. The number of rotatable bonds is 4. The van der Waals surface area contributed by atoms with Crippen molar-refractivity contribution in [2.45, 2.75) is 47.1 Å². The van der Waals surface area contributed by atoms with Crippen molar-refractivity contribution in [2.75, 3.05) is 6.54 Å². The minimum absolute atomic E-state index is 0.357. The van der Waals surface area contributed by atoms with Crippen molar-refractivity contribution in [1.82, 2.24) is 5.32 Å². The van der Waals surface area contributed by atoms with Crippen molar-refractivity contribution in [3.8, 4) is 0 Å². The van der Waals surface area contributed by atoms with E-state index >= 15 is 0 Å². The van der Waals surface area contributed by atoms with Crippen LogP contribution in [0.5, 0.6) is 0 Å². The van der Waals surface area contributed by atoms with Crippen LogP contribution in [0.3, 0.4) is 0 Å². The highest BCUT2D eigenvalue weighted by molar-refractivity contribution is 5.25. The molecule has 0 aromatic heterocycles. The van der Waals surface area contributed by atoms with Gasteiger partial charge in [0.15, 0.2) is 0 Å². The van der Waals surface area contributed by atoms with Crippen LogP contribution in [-0.2, 0) is 6.54 Å². The van der Waals surface area contributed by atoms with Gasteiger partial charge in [0.05, 0.1) is 0 Å². The molecule has 0 saturated carbocycles. The lowest BCUT2D eigenvalue weighted by atomic mass is 9.96. The number of hydrogen-bond acceptors (Lipinski definition) is 1. The van der Waals surface area contributed by atoms with Crippen LogP contribution in [0.15, 0.2) is 24.3 Å². The van der Waals surface area contributed by atoms with E-state index in [1.165, 1.54) is 11.1 Å². The molecule has 0 aliphatic heterocycles. The normalized spacial score (nSPS) is 12.1. The highest BCUT2D eigenvalue weighted by atomic mass is 14.9. The van der Waals surface area contributed by atoms with E-state index in [0.29, 0.717) is 11.3 Å². The summed E-state index contributed by atoms with van der Waals surface area (Å²) in [6.45, 7) is 13.3. The topological polar surface area (TPSA) is 12.0 Å². The number of benzene rings is 1. The second-order valence-electron chi connectivity index (χ2n) is 6.06. The Morgan fingerprint density at radius 1 is 1.19 bits per heavy atom. The predicted octanol–water partition coefficient (Wildman–Crippen LogP) is 3.95. The molecule has 1 aromatic rings. The van der Waals surface area contributed by atoms with Crippen molar-refractivity contribution in [1.29, 1.82) is 0 Å². The van der Waals surface area contributed by atoms with E-state index < -0.39 is 0 Å². The summed E-state index contributed by atoms with van der Waals surface area (Å²) in [5.41, 5.74) is 3.17. The van der Waals surface area contributed by atoms with Gasteiger partial charge in [0.25, 0.3) is 0 Å². The van der Waals surface area contributed by atoms with Crippen molar-refractivity contribution in [3.05, 3.63) is 35.4 Å². The Bertz CT molecular complexity index is 320. The van der Waals surface area contributed by atoms with Gasteiger partial charge in [-0.2, -0.15) is 0 Å². The molecule has 90 valence electrons. The summed E-state index contributed by atoms with van der Waals surface area (Å²) in [5, 5.41) is 3.51. The minimum atomic E-state index is 0.357. The second kappa shape index (κ2) is 5.49. The molecule has 1 rings (SSSR count). The fourth-order valence-electron chi connectivity index (χ4n) is 1.64. The molecule has 0 bridgehead atoms. The van der Waals surface area contributed by atoms with E-state index in [9.17, 15) is 0 Å². The molecule has 0 unspecified atom stereocenters. The molecule has 16 heavy (non-hydrogen) atoms. The van der Waals surface area contributed by atoms with Crippen LogP contribution in [0.4, 0.5) is 0 Å². The number of hydrogen-bond donors (Lipinski definition) is 1. The molecule has 0 heterocycles. The third kappa shape index (κ3) is 4.80. The van der Waals surface area contributed by atoms with Gasteiger partial charge in [-0.1, -0.05) is 58.9 Å². The third-order valence-electron chi connectivity index (χ3n) is 2.60. The summed E-state index contributed by atoms with van der Waals surface area (Å²) >= 11 is 0. The zero-order valence-corrected chi connectivity index (χ0v) is 11.3. The maximum atomic E-state index is 3.51. The summed E-state index contributed by atoms with van der Waals surface area (Å²) in [4.78, 5) is 0. The van der Waals surface area contributed by atoms with E-state index in [1.807, 2.05) is 0 Å². The van der Waals surface area contributed by atoms with Gasteiger partial charge in [-0.25, -0.2) is 0 Å². The van der Waals surface area contributed by atoms with Crippen molar-refractivity contribution >= 4 is 0 Å². The van der Waals surface area contributed by atoms with Crippen LogP contribution in [0.1, 0.15) is 51.7 Å². The maximum Gasteiger partial charge on any atom is 0.0205 e. The highest BCUT2D eigenvalue weighted by Gasteiger charge is 2.08. The molecular formula is C15H25N. The molecule has 0 aliphatic rings. The molecule has 0 atom stereocenters. The summed E-state index contributed by atoms with van der Waals surface area (Å²) < 4.78 is 0. The molecule has 1 heteroatoms. The molecule has 0 amide bonds. The lowest BCUT2D eigenvalue weighted by Gasteiger charge is -2.19. The monoisotopic (exact) mass is 219 g/mol. The molecule has 1 N–H and O–H groups in total. The molecule has 0 aliphatic carbocycles. The largest absolute Gasteiger partial charge is 0.312 e. The molecule has 0 spiro atoms. The smallest absolute Gasteiger partial charge is 0.0205 e. The fourth-order valence-corrected chi connectivity index (χ4v) is 1.64. The Morgan fingerprint density at radius 2 is 1.88 bits per heavy atom. The van der Waals surface area contributed by atoms with Crippen LogP contribution < -0.4 is 5.32 Å². The first-order valence-corrected chi connectivity index (χ1v) is 6.18. The van der Waals surface area contributed by atoms with Gasteiger partial charge in [0, 0.05) is 13.1 Å². The van der Waals surface area contributed by atoms with Gasteiger partial charge in [0.2, 0.25) is 0 Å². The quantitative estimate of drug-likeness (QED) is 0.808. The molecule has 0 fully saturated rings. The average molecular weight is 219 g/mol. The van der Waals surface area contributed by atoms with E-state index in [2.05, 4.69) is 64.2 Å². The Morgan fingerprint density at radius 3 is 2.44 bits per heavy atom. The minimum Gasteiger partial charge on any atom is -0.312 e. The molecule has 1 aromatic carbocycles. The molecule has 1 nitrogen and oxygen atoms in total. The van der Waals surface area contributed by atoms with Gasteiger partial charge in [0.1, 0.15) is 0 Å². The SMILES string of the molecule is CC(C)c1cccc(CNCC(C)(C)C)c1. The fraction of sp³-hybridized carbons (Fsp3) is 0.600. The lowest BCUT2D eigenvalue weighted by molar-refractivity contribution is 0.379. The highest BCUT2D eigenvalue weighted by Crippen LogP contribution is 2.16. The van der Waals surface area contributed by atoms with E-state index in [-0.39, 0.29) is 0 Å². The Balaban J connectivity index is 2.51. The second-order valence-corrected chi connectivity index (χ2v) is 6.06. The van der Waals surface area contributed by atoms with Crippen LogP contribution >= 0.6 is 0 Å². The van der Waals surface area contributed by atoms with E-state index in [4.69, 9.17) is 0 Å². The van der Waals surface area contributed by atoms with E-state index in [0.717, 1.165) is 13.1 Å². The molecule has 0 saturated heterocycles. The molecule has 0 radical (unpaired) electrons. The molecular weight excluding hydrogens is 194 g/mol. The van der Waals surface area contributed by atoms with Crippen LogP contribution in [0, 0.1) is 5.41 Å². The van der Waals surface area contributed by atoms with Crippen LogP contribution in [0.25, 0.3) is 0 Å². The van der Waals surface area contributed by atoms with Gasteiger partial charge in [-0.3, -0.25) is 0 Å². The van der Waals surface area contributed by atoms with E-state index in [1.54, 1.807) is 0 Å². The summed E-state index contributed by atoms with van der Waals surface area (Å²) in [7, 11) is 0. The average Bonchev–Trinajstić information content (AvgIpc) is 2.16. The van der Waals surface area contributed by atoms with Crippen LogP contribution in [-0.4, -0.2) is 6.54 Å². The first-order chi connectivity index (χ1) is 7.38. The van der Waals surface area contributed by atoms with Crippen molar-refractivity contribution in [3.63, 3.8) is 0 Å². The standard InChI is InChI=1S/C15H25N/c1-12(2)14-8-6-7-13(9-14)10-16-11-15(3,4)5/h6-9,12,16H,10-11H2,1-5H3. The number of nitrogens with one attached hydrogen (secondary N) is 1. The maximum absolute atomic E-state index is 3.51. The van der Waals surface area contributed by atoms with Crippen molar-refractivity contribution < 1.29 is 0 Å².